The standard InChI is InChI=1S/C19H24N2O3S/c1-13-10-14(2)18(15(3)11-13)25(23,24)21-16(4)19(22)20-12-17-8-6-5-7-9-17/h5-11,16,21H,12H2,1-4H3,(H,20,22). The van der Waals surface area contributed by atoms with Crippen LogP contribution in [0.3, 0.4) is 0 Å². The molecule has 0 aliphatic carbocycles. The molecule has 0 saturated carbocycles. The van der Waals surface area contributed by atoms with Gasteiger partial charge in [-0.3, -0.25) is 4.79 Å². The number of aryl methyl sites for hydroxylation is 3. The smallest absolute Gasteiger partial charge is 0.241 e. The van der Waals surface area contributed by atoms with Gasteiger partial charge in [0.05, 0.1) is 10.9 Å². The van der Waals surface area contributed by atoms with Crippen LogP contribution < -0.4 is 10.0 Å². The molecule has 2 N–H and O–H groups in total. The van der Waals surface area contributed by atoms with Gasteiger partial charge in [0.15, 0.2) is 0 Å². The number of carbonyl (C=O) groups is 1. The van der Waals surface area contributed by atoms with E-state index >= 15 is 0 Å². The van der Waals surface area contributed by atoms with E-state index < -0.39 is 16.1 Å². The van der Waals surface area contributed by atoms with Gasteiger partial charge in [-0.2, -0.15) is 4.72 Å². The van der Waals surface area contributed by atoms with E-state index in [-0.39, 0.29) is 10.8 Å². The quantitative estimate of drug-likeness (QED) is 0.831. The van der Waals surface area contributed by atoms with E-state index in [1.165, 1.54) is 6.92 Å². The van der Waals surface area contributed by atoms with Crippen LogP contribution in [0, 0.1) is 20.8 Å². The lowest BCUT2D eigenvalue weighted by Gasteiger charge is -2.17. The zero-order chi connectivity index (χ0) is 18.6. The van der Waals surface area contributed by atoms with E-state index in [2.05, 4.69) is 10.0 Å². The molecule has 5 nitrogen and oxygen atoms in total. The second-order valence-electron chi connectivity index (χ2n) is 6.27. The van der Waals surface area contributed by atoms with E-state index in [0.29, 0.717) is 17.7 Å². The molecule has 0 aliphatic heterocycles. The SMILES string of the molecule is Cc1cc(C)c(S(=O)(=O)NC(C)C(=O)NCc2ccccc2)c(C)c1. The summed E-state index contributed by atoms with van der Waals surface area (Å²) >= 11 is 0. The summed E-state index contributed by atoms with van der Waals surface area (Å²) in [5, 5.41) is 2.75. The Labute approximate surface area is 149 Å². The summed E-state index contributed by atoms with van der Waals surface area (Å²) in [4.78, 5) is 12.4. The summed E-state index contributed by atoms with van der Waals surface area (Å²) in [5.74, 6) is -0.366. The van der Waals surface area contributed by atoms with E-state index in [4.69, 9.17) is 0 Å². The van der Waals surface area contributed by atoms with Crippen LogP contribution in [0.4, 0.5) is 0 Å². The van der Waals surface area contributed by atoms with Crippen molar-refractivity contribution in [1.29, 1.82) is 0 Å². The second-order valence-corrected chi connectivity index (χ2v) is 7.93. The van der Waals surface area contributed by atoms with Gasteiger partial charge in [-0.15, -0.1) is 0 Å². The van der Waals surface area contributed by atoms with Gasteiger partial charge in [-0.25, -0.2) is 8.42 Å². The normalized spacial score (nSPS) is 12.6. The number of hydrogen-bond donors (Lipinski definition) is 2. The first kappa shape index (κ1) is 19.1. The van der Waals surface area contributed by atoms with Crippen molar-refractivity contribution < 1.29 is 13.2 Å². The predicted octanol–water partition coefficient (Wildman–Crippen LogP) is 2.60. The lowest BCUT2D eigenvalue weighted by atomic mass is 10.1. The molecule has 1 amide bonds. The van der Waals surface area contributed by atoms with Gasteiger partial charge >= 0.3 is 0 Å². The third kappa shape index (κ3) is 4.90. The van der Waals surface area contributed by atoms with E-state index in [1.54, 1.807) is 13.8 Å². The van der Waals surface area contributed by atoms with Gasteiger partial charge in [-0.05, 0) is 44.4 Å². The number of rotatable bonds is 6. The first-order valence-electron chi connectivity index (χ1n) is 8.12. The van der Waals surface area contributed by atoms with Gasteiger partial charge in [0.2, 0.25) is 15.9 Å². The van der Waals surface area contributed by atoms with E-state index in [0.717, 1.165) is 11.1 Å². The minimum absolute atomic E-state index is 0.237. The third-order valence-electron chi connectivity index (χ3n) is 3.91. The van der Waals surface area contributed by atoms with Crippen LogP contribution in [0.2, 0.25) is 0 Å². The molecule has 0 bridgehead atoms. The van der Waals surface area contributed by atoms with Gasteiger partial charge in [0, 0.05) is 6.54 Å². The Morgan fingerprint density at radius 3 is 2.16 bits per heavy atom. The number of sulfonamides is 1. The molecular formula is C19H24N2O3S. The van der Waals surface area contributed by atoms with Crippen LogP contribution in [-0.4, -0.2) is 20.4 Å². The first-order valence-corrected chi connectivity index (χ1v) is 9.61. The summed E-state index contributed by atoms with van der Waals surface area (Å²) in [5.41, 5.74) is 3.29. The number of hydrogen-bond acceptors (Lipinski definition) is 3. The molecule has 0 radical (unpaired) electrons. The van der Waals surface area contributed by atoms with Crippen molar-refractivity contribution in [2.45, 2.75) is 45.2 Å². The molecule has 25 heavy (non-hydrogen) atoms. The van der Waals surface area contributed by atoms with E-state index in [9.17, 15) is 13.2 Å². The van der Waals surface area contributed by atoms with Gasteiger partial charge in [0.1, 0.15) is 0 Å². The summed E-state index contributed by atoms with van der Waals surface area (Å²) in [6, 6.07) is 12.2. The molecule has 2 aromatic rings. The van der Waals surface area contributed by atoms with Crippen LogP contribution >= 0.6 is 0 Å². The molecule has 0 spiro atoms. The van der Waals surface area contributed by atoms with Crippen LogP contribution in [0.25, 0.3) is 0 Å². The van der Waals surface area contributed by atoms with Gasteiger partial charge in [0.25, 0.3) is 0 Å². The molecule has 0 heterocycles. The molecule has 6 heteroatoms. The van der Waals surface area contributed by atoms with Crippen LogP contribution in [-0.2, 0) is 21.4 Å². The summed E-state index contributed by atoms with van der Waals surface area (Å²) in [6.07, 6.45) is 0. The zero-order valence-corrected chi connectivity index (χ0v) is 15.8. The van der Waals surface area contributed by atoms with Crippen LogP contribution in [0.5, 0.6) is 0 Å². The highest BCUT2D eigenvalue weighted by atomic mass is 32.2. The van der Waals surface area contributed by atoms with Crippen LogP contribution in [0.1, 0.15) is 29.2 Å². The molecule has 0 aromatic heterocycles. The van der Waals surface area contributed by atoms with Crippen molar-refractivity contribution in [3.8, 4) is 0 Å². The van der Waals surface area contributed by atoms with E-state index in [1.807, 2.05) is 49.4 Å². The fourth-order valence-electron chi connectivity index (χ4n) is 2.87. The predicted molar refractivity (Wildman–Crippen MR) is 98.7 cm³/mol. The molecular weight excluding hydrogens is 336 g/mol. The number of carbonyl (C=O) groups excluding carboxylic acids is 1. The highest BCUT2D eigenvalue weighted by Gasteiger charge is 2.25. The molecule has 1 unspecified atom stereocenters. The molecule has 134 valence electrons. The Bertz CT molecular complexity index is 838. The van der Waals surface area contributed by atoms with Crippen LogP contribution in [0.15, 0.2) is 47.4 Å². The van der Waals surface area contributed by atoms with Crippen molar-refractivity contribution in [1.82, 2.24) is 10.0 Å². The fourth-order valence-corrected chi connectivity index (χ4v) is 4.53. The molecule has 0 saturated heterocycles. The Hall–Kier alpha value is -2.18. The molecule has 2 aromatic carbocycles. The Morgan fingerprint density at radius 2 is 1.60 bits per heavy atom. The second kappa shape index (κ2) is 7.80. The lowest BCUT2D eigenvalue weighted by molar-refractivity contribution is -0.122. The third-order valence-corrected chi connectivity index (χ3v) is 5.75. The maximum absolute atomic E-state index is 12.7. The molecule has 2 rings (SSSR count). The maximum Gasteiger partial charge on any atom is 0.241 e. The minimum Gasteiger partial charge on any atom is -0.351 e. The number of amides is 1. The molecule has 0 aliphatic rings. The lowest BCUT2D eigenvalue weighted by Crippen LogP contribution is -2.44. The van der Waals surface area contributed by atoms with Crippen molar-refractivity contribution in [3.63, 3.8) is 0 Å². The Balaban J connectivity index is 2.08. The first-order chi connectivity index (χ1) is 11.7. The van der Waals surface area contributed by atoms with Crippen molar-refractivity contribution in [2.75, 3.05) is 0 Å². The largest absolute Gasteiger partial charge is 0.351 e. The summed E-state index contributed by atoms with van der Waals surface area (Å²) in [6.45, 7) is 7.33. The van der Waals surface area contributed by atoms with Gasteiger partial charge in [-0.1, -0.05) is 48.0 Å². The highest BCUT2D eigenvalue weighted by Crippen LogP contribution is 2.21. The van der Waals surface area contributed by atoms with Crippen molar-refractivity contribution in [3.05, 3.63) is 64.7 Å². The monoisotopic (exact) mass is 360 g/mol. The molecule has 1 atom stereocenters. The van der Waals surface area contributed by atoms with Crippen molar-refractivity contribution >= 4 is 15.9 Å². The van der Waals surface area contributed by atoms with Gasteiger partial charge < -0.3 is 5.32 Å². The minimum atomic E-state index is -3.78. The Morgan fingerprint density at radius 1 is 1.04 bits per heavy atom. The Kier molecular flexibility index (Phi) is 5.98. The summed E-state index contributed by atoms with van der Waals surface area (Å²) < 4.78 is 27.8. The average molecular weight is 360 g/mol. The highest BCUT2D eigenvalue weighted by molar-refractivity contribution is 7.89. The topological polar surface area (TPSA) is 75.3 Å². The average Bonchev–Trinajstić information content (AvgIpc) is 2.51. The number of benzene rings is 2. The number of nitrogens with one attached hydrogen (secondary N) is 2. The maximum atomic E-state index is 12.7. The molecule has 0 fully saturated rings. The van der Waals surface area contributed by atoms with Crippen molar-refractivity contribution in [2.24, 2.45) is 0 Å². The zero-order valence-electron chi connectivity index (χ0n) is 15.0. The summed E-state index contributed by atoms with van der Waals surface area (Å²) in [7, 11) is -3.78. The fraction of sp³-hybridized carbons (Fsp3) is 0.316.